The second-order valence-electron chi connectivity index (χ2n) is 5.57. The highest BCUT2D eigenvalue weighted by molar-refractivity contribution is 6.34. The van der Waals surface area contributed by atoms with Gasteiger partial charge in [0.15, 0.2) is 0 Å². The van der Waals surface area contributed by atoms with Crippen LogP contribution in [0.25, 0.3) is 0 Å². The normalized spacial score (nSPS) is 10.4. The van der Waals surface area contributed by atoms with Crippen molar-refractivity contribution in [3.63, 3.8) is 0 Å². The van der Waals surface area contributed by atoms with Gasteiger partial charge in [0.2, 0.25) is 0 Å². The van der Waals surface area contributed by atoms with E-state index in [1.165, 1.54) is 12.3 Å². The summed E-state index contributed by atoms with van der Waals surface area (Å²) in [4.78, 5) is 28.5. The molecule has 0 saturated heterocycles. The lowest BCUT2D eigenvalue weighted by Gasteiger charge is -2.11. The van der Waals surface area contributed by atoms with Crippen molar-refractivity contribution in [1.29, 1.82) is 0 Å². The number of hydrogen-bond acceptors (Lipinski definition) is 4. The van der Waals surface area contributed by atoms with E-state index in [-0.39, 0.29) is 11.6 Å². The van der Waals surface area contributed by atoms with E-state index in [0.717, 1.165) is 11.1 Å². The molecule has 0 bridgehead atoms. The van der Waals surface area contributed by atoms with Crippen molar-refractivity contribution in [3.05, 3.63) is 57.9 Å². The molecule has 25 heavy (non-hydrogen) atoms. The molecule has 1 aromatic carbocycles. The van der Waals surface area contributed by atoms with Crippen LogP contribution >= 0.6 is 11.6 Å². The third kappa shape index (κ3) is 5.01. The number of amides is 2. The van der Waals surface area contributed by atoms with Gasteiger partial charge >= 0.3 is 0 Å². The lowest BCUT2D eigenvalue weighted by molar-refractivity contribution is 0.0937. The van der Waals surface area contributed by atoms with E-state index in [4.69, 9.17) is 16.3 Å². The Bertz CT molecular complexity index is 770. The number of nitrogens with one attached hydrogen (secondary N) is 2. The fraction of sp³-hybridized carbons (Fsp3) is 0.278. The van der Waals surface area contributed by atoms with E-state index in [1.807, 2.05) is 19.9 Å². The smallest absolute Gasteiger partial charge is 0.274 e. The fourth-order valence-electron chi connectivity index (χ4n) is 2.32. The molecule has 0 fully saturated rings. The Hall–Kier alpha value is -2.44. The van der Waals surface area contributed by atoms with Crippen molar-refractivity contribution in [1.82, 2.24) is 10.3 Å². The molecule has 132 valence electrons. The summed E-state index contributed by atoms with van der Waals surface area (Å²) in [6.45, 7) is 4.59. The van der Waals surface area contributed by atoms with Gasteiger partial charge in [-0.15, -0.1) is 0 Å². The second kappa shape index (κ2) is 8.60. The Balaban J connectivity index is 2.15. The molecule has 0 saturated carbocycles. The second-order valence-corrected chi connectivity index (χ2v) is 5.98. The average Bonchev–Trinajstić information content (AvgIpc) is 2.58. The fourth-order valence-corrected chi connectivity index (χ4v) is 2.68. The van der Waals surface area contributed by atoms with Crippen molar-refractivity contribution in [3.8, 4) is 0 Å². The maximum absolute atomic E-state index is 12.5. The standard InChI is InChI=1S/C18H20ClN3O3/c1-11-8-12(2)16(14(19)9-11)22-18(24)15-10-13(4-5-20-15)17(23)21-6-7-25-3/h4-5,8-10H,6-7H2,1-3H3,(H,21,23)(H,22,24). The highest BCUT2D eigenvalue weighted by atomic mass is 35.5. The molecule has 0 aliphatic carbocycles. The molecule has 2 rings (SSSR count). The molecule has 0 radical (unpaired) electrons. The van der Waals surface area contributed by atoms with Gasteiger partial charge in [-0.2, -0.15) is 0 Å². The zero-order chi connectivity index (χ0) is 18.4. The summed E-state index contributed by atoms with van der Waals surface area (Å²) in [5.74, 6) is -0.724. The van der Waals surface area contributed by atoms with E-state index in [0.29, 0.717) is 29.4 Å². The molecular weight excluding hydrogens is 342 g/mol. The van der Waals surface area contributed by atoms with E-state index < -0.39 is 5.91 Å². The van der Waals surface area contributed by atoms with Gasteiger partial charge in [-0.25, -0.2) is 0 Å². The number of methoxy groups -OCH3 is 1. The van der Waals surface area contributed by atoms with Crippen LogP contribution in [0.1, 0.15) is 32.0 Å². The van der Waals surface area contributed by atoms with Gasteiger partial charge in [0.25, 0.3) is 11.8 Å². The van der Waals surface area contributed by atoms with E-state index in [1.54, 1.807) is 19.2 Å². The SMILES string of the molecule is COCCNC(=O)c1ccnc(C(=O)Nc2c(C)cc(C)cc2Cl)c1. The third-order valence-corrected chi connectivity index (χ3v) is 3.81. The summed E-state index contributed by atoms with van der Waals surface area (Å²) in [7, 11) is 1.55. The van der Waals surface area contributed by atoms with Crippen LogP contribution in [0.4, 0.5) is 5.69 Å². The van der Waals surface area contributed by atoms with Gasteiger partial charge in [-0.05, 0) is 43.2 Å². The zero-order valence-electron chi connectivity index (χ0n) is 14.4. The Labute approximate surface area is 151 Å². The Morgan fingerprint density at radius 2 is 1.96 bits per heavy atom. The van der Waals surface area contributed by atoms with Crippen molar-refractivity contribution >= 4 is 29.1 Å². The lowest BCUT2D eigenvalue weighted by atomic mass is 10.1. The number of rotatable bonds is 6. The molecule has 2 amide bonds. The Morgan fingerprint density at radius 3 is 2.64 bits per heavy atom. The molecule has 1 heterocycles. The number of anilines is 1. The molecule has 0 atom stereocenters. The summed E-state index contributed by atoms with van der Waals surface area (Å²) in [6, 6.07) is 6.68. The summed E-state index contributed by atoms with van der Waals surface area (Å²) in [5.41, 5.74) is 2.88. The number of hydrogen-bond donors (Lipinski definition) is 2. The highest BCUT2D eigenvalue weighted by Crippen LogP contribution is 2.27. The van der Waals surface area contributed by atoms with E-state index in [9.17, 15) is 9.59 Å². The lowest BCUT2D eigenvalue weighted by Crippen LogP contribution is -2.27. The maximum Gasteiger partial charge on any atom is 0.274 e. The topological polar surface area (TPSA) is 80.3 Å². The van der Waals surface area contributed by atoms with Gasteiger partial charge in [0.1, 0.15) is 5.69 Å². The van der Waals surface area contributed by atoms with Gasteiger partial charge in [-0.3, -0.25) is 14.6 Å². The first-order valence-electron chi connectivity index (χ1n) is 7.73. The van der Waals surface area contributed by atoms with Crippen LogP contribution in [-0.4, -0.2) is 37.1 Å². The minimum Gasteiger partial charge on any atom is -0.383 e. The van der Waals surface area contributed by atoms with Crippen LogP contribution in [-0.2, 0) is 4.74 Å². The number of benzene rings is 1. The number of pyridine rings is 1. The number of aromatic nitrogens is 1. The molecule has 1 aromatic heterocycles. The molecule has 2 N–H and O–H groups in total. The van der Waals surface area contributed by atoms with E-state index in [2.05, 4.69) is 15.6 Å². The predicted octanol–water partition coefficient (Wildman–Crippen LogP) is 2.98. The van der Waals surface area contributed by atoms with Crippen LogP contribution in [0, 0.1) is 13.8 Å². The minimum atomic E-state index is -0.430. The van der Waals surface area contributed by atoms with Crippen molar-refractivity contribution in [2.24, 2.45) is 0 Å². The average molecular weight is 362 g/mol. The first-order valence-corrected chi connectivity index (χ1v) is 8.11. The number of ether oxygens (including phenoxy) is 1. The molecule has 6 nitrogen and oxygen atoms in total. The van der Waals surface area contributed by atoms with Crippen LogP contribution < -0.4 is 10.6 Å². The zero-order valence-corrected chi connectivity index (χ0v) is 15.1. The summed E-state index contributed by atoms with van der Waals surface area (Å²) >= 11 is 6.21. The number of carbonyl (C=O) groups excluding carboxylic acids is 2. The van der Waals surface area contributed by atoms with Crippen molar-refractivity contribution in [2.75, 3.05) is 25.6 Å². The molecular formula is C18H20ClN3O3. The molecule has 0 spiro atoms. The first-order chi connectivity index (χ1) is 11.9. The number of halogens is 1. The summed E-state index contributed by atoms with van der Waals surface area (Å²) in [6.07, 6.45) is 1.42. The molecule has 7 heteroatoms. The van der Waals surface area contributed by atoms with Crippen LogP contribution in [0.15, 0.2) is 30.5 Å². The van der Waals surface area contributed by atoms with Crippen LogP contribution in [0.3, 0.4) is 0 Å². The Kier molecular flexibility index (Phi) is 6.50. The van der Waals surface area contributed by atoms with Crippen LogP contribution in [0.5, 0.6) is 0 Å². The highest BCUT2D eigenvalue weighted by Gasteiger charge is 2.14. The summed E-state index contributed by atoms with van der Waals surface area (Å²) < 4.78 is 4.88. The Morgan fingerprint density at radius 1 is 1.20 bits per heavy atom. The van der Waals surface area contributed by atoms with Crippen molar-refractivity contribution < 1.29 is 14.3 Å². The van der Waals surface area contributed by atoms with Crippen LogP contribution in [0.2, 0.25) is 5.02 Å². The molecule has 0 unspecified atom stereocenters. The van der Waals surface area contributed by atoms with Gasteiger partial charge < -0.3 is 15.4 Å². The predicted molar refractivity (Wildman–Crippen MR) is 97.3 cm³/mol. The van der Waals surface area contributed by atoms with Crippen molar-refractivity contribution in [2.45, 2.75) is 13.8 Å². The molecule has 0 aliphatic heterocycles. The van der Waals surface area contributed by atoms with Gasteiger partial charge in [-0.1, -0.05) is 17.7 Å². The van der Waals surface area contributed by atoms with Gasteiger partial charge in [0.05, 0.1) is 17.3 Å². The molecule has 2 aromatic rings. The number of nitrogens with zero attached hydrogens (tertiary/aromatic N) is 1. The van der Waals surface area contributed by atoms with Gasteiger partial charge in [0, 0.05) is 25.4 Å². The maximum atomic E-state index is 12.5. The largest absolute Gasteiger partial charge is 0.383 e. The van der Waals surface area contributed by atoms with E-state index >= 15 is 0 Å². The summed E-state index contributed by atoms with van der Waals surface area (Å²) in [5, 5.41) is 5.91. The molecule has 0 aliphatic rings. The number of aryl methyl sites for hydroxylation is 2. The first kappa shape index (κ1) is 18.9. The monoisotopic (exact) mass is 361 g/mol. The third-order valence-electron chi connectivity index (χ3n) is 3.52. The minimum absolute atomic E-state index is 0.135. The quantitative estimate of drug-likeness (QED) is 0.775. The number of carbonyl (C=O) groups is 2.